The quantitative estimate of drug-likeness (QED) is 0.260. The maximum atomic E-state index is 13.3. The molecule has 0 saturated carbocycles. The molecule has 0 spiro atoms. The normalized spacial score (nSPS) is 19.6. The molecule has 5 rings (SSSR count). The highest BCUT2D eigenvalue weighted by atomic mass is 16.5. The zero-order valence-electron chi connectivity index (χ0n) is 21.3. The van der Waals surface area contributed by atoms with Crippen LogP contribution in [-0.2, 0) is 20.9 Å². The van der Waals surface area contributed by atoms with Crippen LogP contribution in [0.3, 0.4) is 0 Å². The van der Waals surface area contributed by atoms with Gasteiger partial charge < -0.3 is 19.5 Å². The molecule has 7 nitrogen and oxygen atoms in total. The van der Waals surface area contributed by atoms with E-state index in [1.165, 1.54) is 0 Å². The van der Waals surface area contributed by atoms with E-state index in [1.54, 1.807) is 29.2 Å². The molecule has 2 heterocycles. The lowest BCUT2D eigenvalue weighted by Crippen LogP contribution is -2.38. The van der Waals surface area contributed by atoms with E-state index < -0.39 is 17.7 Å². The van der Waals surface area contributed by atoms with E-state index in [-0.39, 0.29) is 11.3 Å². The molecular weight excluding hydrogens is 480 g/mol. The van der Waals surface area contributed by atoms with Crippen LogP contribution in [0.25, 0.3) is 5.76 Å². The van der Waals surface area contributed by atoms with Crippen LogP contribution >= 0.6 is 0 Å². The number of aliphatic hydroxyl groups excluding tert-OH is 1. The molecule has 196 valence electrons. The van der Waals surface area contributed by atoms with Crippen molar-refractivity contribution in [1.29, 1.82) is 0 Å². The Morgan fingerprint density at radius 1 is 0.895 bits per heavy atom. The minimum Gasteiger partial charge on any atom is -0.507 e. The molecule has 0 bridgehead atoms. The van der Waals surface area contributed by atoms with Gasteiger partial charge in [0.25, 0.3) is 11.7 Å². The van der Waals surface area contributed by atoms with Crippen LogP contribution < -0.4 is 4.74 Å². The lowest BCUT2D eigenvalue weighted by molar-refractivity contribution is -0.140. The maximum Gasteiger partial charge on any atom is 0.295 e. The number of ketones is 1. The molecule has 2 fully saturated rings. The van der Waals surface area contributed by atoms with E-state index in [1.807, 2.05) is 60.7 Å². The molecule has 1 unspecified atom stereocenters. The van der Waals surface area contributed by atoms with Gasteiger partial charge in [0.15, 0.2) is 0 Å². The molecule has 3 aromatic carbocycles. The molecule has 2 aliphatic rings. The molecule has 2 aliphatic heterocycles. The van der Waals surface area contributed by atoms with Crippen molar-refractivity contribution in [3.63, 3.8) is 0 Å². The molecule has 3 aromatic rings. The maximum absolute atomic E-state index is 13.3. The van der Waals surface area contributed by atoms with Crippen molar-refractivity contribution in [3.05, 3.63) is 107 Å². The van der Waals surface area contributed by atoms with Crippen LogP contribution in [-0.4, -0.2) is 66.0 Å². The number of amides is 1. The molecule has 1 atom stereocenters. The standard InChI is InChI=1S/C31H32N2O5/c34-29(24-11-5-2-6-12-24)27-28(25-13-7-14-26(21-25)38-22-23-9-3-1-4-10-23)33(31(36)30(27)35)16-8-15-32-17-19-37-20-18-32/h1-7,9-14,21,28,34H,8,15-20,22H2/b29-27+. The van der Waals surface area contributed by atoms with Crippen molar-refractivity contribution in [3.8, 4) is 5.75 Å². The summed E-state index contributed by atoms with van der Waals surface area (Å²) >= 11 is 0. The first-order chi connectivity index (χ1) is 18.6. The van der Waals surface area contributed by atoms with Gasteiger partial charge in [-0.1, -0.05) is 72.8 Å². The first-order valence-corrected chi connectivity index (χ1v) is 13.0. The molecule has 2 saturated heterocycles. The van der Waals surface area contributed by atoms with Crippen molar-refractivity contribution < 1.29 is 24.2 Å². The molecule has 0 radical (unpaired) electrons. The Bertz CT molecular complexity index is 1290. The smallest absolute Gasteiger partial charge is 0.295 e. The lowest BCUT2D eigenvalue weighted by atomic mass is 9.95. The monoisotopic (exact) mass is 512 g/mol. The number of aliphatic hydroxyl groups is 1. The average molecular weight is 513 g/mol. The third kappa shape index (κ3) is 5.79. The summed E-state index contributed by atoms with van der Waals surface area (Å²) in [5, 5.41) is 11.2. The van der Waals surface area contributed by atoms with Crippen LogP contribution in [0.5, 0.6) is 5.75 Å². The van der Waals surface area contributed by atoms with Gasteiger partial charge in [-0.05, 0) is 29.7 Å². The Morgan fingerprint density at radius 2 is 1.61 bits per heavy atom. The number of carbonyl (C=O) groups is 2. The predicted octanol–water partition coefficient (Wildman–Crippen LogP) is 4.41. The number of ether oxygens (including phenoxy) is 2. The van der Waals surface area contributed by atoms with Crippen molar-refractivity contribution in [2.75, 3.05) is 39.4 Å². The zero-order valence-corrected chi connectivity index (χ0v) is 21.3. The van der Waals surface area contributed by atoms with Gasteiger partial charge in [-0.3, -0.25) is 14.5 Å². The molecule has 0 aromatic heterocycles. The van der Waals surface area contributed by atoms with Crippen LogP contribution in [0.4, 0.5) is 0 Å². The summed E-state index contributed by atoms with van der Waals surface area (Å²) in [5.74, 6) is -0.798. The van der Waals surface area contributed by atoms with Gasteiger partial charge in [-0.15, -0.1) is 0 Å². The van der Waals surface area contributed by atoms with E-state index in [0.29, 0.717) is 44.1 Å². The van der Waals surface area contributed by atoms with E-state index in [9.17, 15) is 14.7 Å². The summed E-state index contributed by atoms with van der Waals surface area (Å²) in [4.78, 5) is 30.5. The topological polar surface area (TPSA) is 79.3 Å². The number of likely N-dealkylation sites (tertiary alicyclic amines) is 1. The highest BCUT2D eigenvalue weighted by Crippen LogP contribution is 2.40. The van der Waals surface area contributed by atoms with Gasteiger partial charge in [0, 0.05) is 31.7 Å². The van der Waals surface area contributed by atoms with Gasteiger partial charge in [0.2, 0.25) is 0 Å². The highest BCUT2D eigenvalue weighted by molar-refractivity contribution is 6.46. The van der Waals surface area contributed by atoms with E-state index in [4.69, 9.17) is 9.47 Å². The molecular formula is C31H32N2O5. The van der Waals surface area contributed by atoms with Crippen molar-refractivity contribution >= 4 is 17.4 Å². The predicted molar refractivity (Wildman–Crippen MR) is 145 cm³/mol. The van der Waals surface area contributed by atoms with Crippen LogP contribution in [0.15, 0.2) is 90.5 Å². The number of Topliss-reactive ketones (excluding diaryl/α,β-unsaturated/α-hetero) is 1. The molecule has 1 N–H and O–H groups in total. The third-order valence-corrected chi connectivity index (χ3v) is 6.99. The fourth-order valence-corrected chi connectivity index (χ4v) is 5.01. The second kappa shape index (κ2) is 12.1. The second-order valence-electron chi connectivity index (χ2n) is 9.51. The number of hydrogen-bond acceptors (Lipinski definition) is 6. The Hall–Kier alpha value is -3.94. The number of morpholine rings is 1. The summed E-state index contributed by atoms with van der Waals surface area (Å²) in [7, 11) is 0. The van der Waals surface area contributed by atoms with Gasteiger partial charge in [0.05, 0.1) is 24.8 Å². The number of hydrogen-bond donors (Lipinski definition) is 1. The summed E-state index contributed by atoms with van der Waals surface area (Å²) in [6.45, 7) is 4.72. The van der Waals surface area contributed by atoms with Crippen LogP contribution in [0.1, 0.15) is 29.2 Å². The summed E-state index contributed by atoms with van der Waals surface area (Å²) in [6, 6.07) is 25.5. The van der Waals surface area contributed by atoms with Gasteiger partial charge in [-0.2, -0.15) is 0 Å². The fourth-order valence-electron chi connectivity index (χ4n) is 5.01. The average Bonchev–Trinajstić information content (AvgIpc) is 3.22. The van der Waals surface area contributed by atoms with Gasteiger partial charge >= 0.3 is 0 Å². The Labute approximate surface area is 222 Å². The SMILES string of the molecule is O=C1C(=O)N(CCCN2CCOCC2)C(c2cccc(OCc3ccccc3)c2)/C1=C(\O)c1ccccc1. The van der Waals surface area contributed by atoms with Gasteiger partial charge in [-0.25, -0.2) is 0 Å². The molecule has 38 heavy (non-hydrogen) atoms. The highest BCUT2D eigenvalue weighted by Gasteiger charge is 2.46. The van der Waals surface area contributed by atoms with Crippen molar-refractivity contribution in [1.82, 2.24) is 9.80 Å². The summed E-state index contributed by atoms with van der Waals surface area (Å²) in [6.07, 6.45) is 0.707. The first-order valence-electron chi connectivity index (χ1n) is 13.0. The number of rotatable bonds is 9. The van der Waals surface area contributed by atoms with Crippen molar-refractivity contribution in [2.45, 2.75) is 19.1 Å². The Balaban J connectivity index is 1.44. The largest absolute Gasteiger partial charge is 0.507 e. The van der Waals surface area contributed by atoms with E-state index >= 15 is 0 Å². The lowest BCUT2D eigenvalue weighted by Gasteiger charge is -2.29. The first kappa shape index (κ1) is 25.7. The van der Waals surface area contributed by atoms with E-state index in [0.717, 1.165) is 30.8 Å². The summed E-state index contributed by atoms with van der Waals surface area (Å²) < 4.78 is 11.5. The van der Waals surface area contributed by atoms with E-state index in [2.05, 4.69) is 4.90 Å². The Kier molecular flexibility index (Phi) is 8.16. The van der Waals surface area contributed by atoms with Gasteiger partial charge in [0.1, 0.15) is 18.1 Å². The molecule has 1 amide bonds. The minimum absolute atomic E-state index is 0.104. The minimum atomic E-state index is -0.708. The second-order valence-corrected chi connectivity index (χ2v) is 9.51. The fraction of sp³-hybridized carbons (Fsp3) is 0.290. The molecule has 7 heteroatoms. The number of carbonyl (C=O) groups excluding carboxylic acids is 2. The van der Waals surface area contributed by atoms with Crippen molar-refractivity contribution in [2.24, 2.45) is 0 Å². The summed E-state index contributed by atoms with van der Waals surface area (Å²) in [5.41, 5.74) is 2.36. The van der Waals surface area contributed by atoms with Crippen LogP contribution in [0.2, 0.25) is 0 Å². The molecule has 0 aliphatic carbocycles. The number of nitrogens with zero attached hydrogens (tertiary/aromatic N) is 2. The zero-order chi connectivity index (χ0) is 26.3. The number of benzene rings is 3. The van der Waals surface area contributed by atoms with Crippen LogP contribution in [0, 0.1) is 0 Å². The Morgan fingerprint density at radius 3 is 2.34 bits per heavy atom. The third-order valence-electron chi connectivity index (χ3n) is 6.99.